The van der Waals surface area contributed by atoms with Gasteiger partial charge in [-0.2, -0.15) is 0 Å². The van der Waals surface area contributed by atoms with Gasteiger partial charge in [0.15, 0.2) is 0 Å². The third kappa shape index (κ3) is 3.74. The highest BCUT2D eigenvalue weighted by atomic mass is 16.6. The van der Waals surface area contributed by atoms with Crippen LogP contribution in [-0.4, -0.2) is 24.1 Å². The summed E-state index contributed by atoms with van der Waals surface area (Å²) in [5, 5.41) is 0. The number of allylic oxidation sites excluding steroid dienone is 1. The highest BCUT2D eigenvalue weighted by Gasteiger charge is 2.41. The van der Waals surface area contributed by atoms with Crippen molar-refractivity contribution in [2.45, 2.75) is 59.2 Å². The minimum absolute atomic E-state index is 0.0296. The Kier molecular flexibility index (Phi) is 4.86. The normalized spacial score (nSPS) is 35.9. The number of esters is 2. The third-order valence-electron chi connectivity index (χ3n) is 4.49. The molecule has 1 aliphatic carbocycles. The Balaban J connectivity index is 2.23. The van der Waals surface area contributed by atoms with Crippen LogP contribution in [0.25, 0.3) is 0 Å². The molecule has 1 heterocycles. The molecule has 0 saturated carbocycles. The number of carbonyl (C=O) groups is 2. The van der Waals surface area contributed by atoms with Crippen molar-refractivity contribution >= 4 is 11.9 Å². The van der Waals surface area contributed by atoms with Crippen LogP contribution >= 0.6 is 0 Å². The molecule has 0 unspecified atom stereocenters. The maximum atomic E-state index is 11.8. The second-order valence-electron chi connectivity index (χ2n) is 6.20. The lowest BCUT2D eigenvalue weighted by Crippen LogP contribution is -2.22. The molecule has 2 aliphatic rings. The van der Waals surface area contributed by atoms with E-state index >= 15 is 0 Å². The van der Waals surface area contributed by atoms with E-state index in [-0.39, 0.29) is 36.0 Å². The molecular weight excluding hydrogens is 268 g/mol. The van der Waals surface area contributed by atoms with Gasteiger partial charge in [0.25, 0.3) is 0 Å². The van der Waals surface area contributed by atoms with Crippen molar-refractivity contribution in [2.75, 3.05) is 0 Å². The first-order valence-electron chi connectivity index (χ1n) is 7.58. The first-order valence-corrected chi connectivity index (χ1v) is 7.58. The molecule has 4 heteroatoms. The van der Waals surface area contributed by atoms with Crippen molar-refractivity contribution in [3.63, 3.8) is 0 Å². The van der Waals surface area contributed by atoms with Gasteiger partial charge in [-0.25, -0.2) is 0 Å². The number of hydrogen-bond donors (Lipinski definition) is 0. The van der Waals surface area contributed by atoms with Gasteiger partial charge in [0, 0.05) is 25.7 Å². The minimum Gasteiger partial charge on any atom is -0.461 e. The van der Waals surface area contributed by atoms with Gasteiger partial charge in [-0.05, 0) is 25.8 Å². The summed E-state index contributed by atoms with van der Waals surface area (Å²) in [5.41, 5.74) is 2.22. The van der Waals surface area contributed by atoms with Gasteiger partial charge >= 0.3 is 11.9 Å². The number of carbonyl (C=O) groups excluding carboxylic acids is 2. The van der Waals surface area contributed by atoms with Crippen LogP contribution in [0.15, 0.2) is 23.3 Å². The smallest absolute Gasteiger partial charge is 0.309 e. The monoisotopic (exact) mass is 292 g/mol. The van der Waals surface area contributed by atoms with Crippen LogP contribution in [0.2, 0.25) is 0 Å². The number of rotatable bonds is 1. The van der Waals surface area contributed by atoms with E-state index in [1.807, 2.05) is 20.8 Å². The maximum Gasteiger partial charge on any atom is 0.309 e. The lowest BCUT2D eigenvalue weighted by atomic mass is 9.84. The van der Waals surface area contributed by atoms with E-state index in [4.69, 9.17) is 9.47 Å². The minimum atomic E-state index is -0.263. The van der Waals surface area contributed by atoms with E-state index in [1.165, 1.54) is 12.5 Å². The van der Waals surface area contributed by atoms with Crippen molar-refractivity contribution in [2.24, 2.45) is 11.8 Å². The molecule has 0 aromatic carbocycles. The third-order valence-corrected chi connectivity index (χ3v) is 4.49. The number of fused-ring (bicyclic) bond motifs is 1. The van der Waals surface area contributed by atoms with E-state index in [2.05, 4.69) is 12.2 Å². The molecule has 21 heavy (non-hydrogen) atoms. The van der Waals surface area contributed by atoms with Crippen LogP contribution < -0.4 is 0 Å². The predicted octanol–water partition coefficient (Wildman–Crippen LogP) is 3.17. The van der Waals surface area contributed by atoms with Crippen LogP contribution in [0.3, 0.4) is 0 Å². The van der Waals surface area contributed by atoms with Gasteiger partial charge in [0.05, 0.1) is 5.92 Å². The van der Waals surface area contributed by atoms with E-state index in [1.54, 1.807) is 0 Å². The SMILES string of the molecule is CC(=O)O[C@H]1C/C=C(\C)C[C@H]2OC(=O)[C@H](C)[C@H]2CC=C1C. The lowest BCUT2D eigenvalue weighted by Gasteiger charge is -2.23. The van der Waals surface area contributed by atoms with E-state index in [9.17, 15) is 9.59 Å². The molecule has 0 aromatic rings. The Morgan fingerprint density at radius 3 is 2.67 bits per heavy atom. The van der Waals surface area contributed by atoms with Gasteiger partial charge in [-0.15, -0.1) is 0 Å². The summed E-state index contributed by atoms with van der Waals surface area (Å²) in [6, 6.07) is 0. The van der Waals surface area contributed by atoms with Gasteiger partial charge in [-0.3, -0.25) is 9.59 Å². The first-order chi connectivity index (χ1) is 9.88. The summed E-state index contributed by atoms with van der Waals surface area (Å²) in [7, 11) is 0. The van der Waals surface area contributed by atoms with Gasteiger partial charge in [-0.1, -0.05) is 24.6 Å². The largest absolute Gasteiger partial charge is 0.461 e. The summed E-state index contributed by atoms with van der Waals surface area (Å²) >= 11 is 0. The van der Waals surface area contributed by atoms with Crippen LogP contribution in [0.5, 0.6) is 0 Å². The van der Waals surface area contributed by atoms with E-state index in [0.717, 1.165) is 18.4 Å². The molecule has 4 atom stereocenters. The first kappa shape index (κ1) is 15.8. The summed E-state index contributed by atoms with van der Waals surface area (Å²) < 4.78 is 10.9. The predicted molar refractivity (Wildman–Crippen MR) is 79.5 cm³/mol. The van der Waals surface area contributed by atoms with Gasteiger partial charge in [0.1, 0.15) is 12.2 Å². The fraction of sp³-hybridized carbons (Fsp3) is 0.647. The second-order valence-corrected chi connectivity index (χ2v) is 6.20. The van der Waals surface area contributed by atoms with Crippen molar-refractivity contribution < 1.29 is 19.1 Å². The molecule has 1 fully saturated rings. The Morgan fingerprint density at radius 2 is 2.00 bits per heavy atom. The van der Waals surface area contributed by atoms with Crippen molar-refractivity contribution in [1.82, 2.24) is 0 Å². The molecule has 0 bridgehead atoms. The van der Waals surface area contributed by atoms with Crippen molar-refractivity contribution in [3.05, 3.63) is 23.3 Å². The molecular formula is C17H24O4. The Bertz CT molecular complexity index is 489. The summed E-state index contributed by atoms with van der Waals surface area (Å²) in [6.07, 6.45) is 6.17. The average molecular weight is 292 g/mol. The molecule has 4 nitrogen and oxygen atoms in total. The fourth-order valence-electron chi connectivity index (χ4n) is 3.08. The highest BCUT2D eigenvalue weighted by molar-refractivity contribution is 5.75. The number of ether oxygens (including phenoxy) is 2. The Morgan fingerprint density at radius 1 is 1.29 bits per heavy atom. The van der Waals surface area contributed by atoms with Crippen LogP contribution in [0.4, 0.5) is 0 Å². The van der Waals surface area contributed by atoms with Crippen LogP contribution in [0.1, 0.15) is 47.0 Å². The molecule has 1 saturated heterocycles. The van der Waals surface area contributed by atoms with Crippen LogP contribution in [-0.2, 0) is 19.1 Å². The van der Waals surface area contributed by atoms with Gasteiger partial charge < -0.3 is 9.47 Å². The van der Waals surface area contributed by atoms with Crippen LogP contribution in [0, 0.1) is 11.8 Å². The average Bonchev–Trinajstić information content (AvgIpc) is 2.66. The topological polar surface area (TPSA) is 52.6 Å². The molecule has 0 amide bonds. The van der Waals surface area contributed by atoms with E-state index < -0.39 is 0 Å². The molecule has 0 spiro atoms. The molecule has 2 rings (SSSR count). The Hall–Kier alpha value is -1.58. The Labute approximate surface area is 126 Å². The highest BCUT2D eigenvalue weighted by Crippen LogP contribution is 2.36. The van der Waals surface area contributed by atoms with Crippen molar-refractivity contribution in [1.29, 1.82) is 0 Å². The number of hydrogen-bond acceptors (Lipinski definition) is 4. The van der Waals surface area contributed by atoms with E-state index in [0.29, 0.717) is 6.42 Å². The van der Waals surface area contributed by atoms with Gasteiger partial charge in [0.2, 0.25) is 0 Å². The zero-order chi connectivity index (χ0) is 15.6. The summed E-state index contributed by atoms with van der Waals surface area (Å²) in [5.74, 6) is -0.230. The molecule has 1 aliphatic heterocycles. The zero-order valence-corrected chi connectivity index (χ0v) is 13.2. The fourth-order valence-corrected chi connectivity index (χ4v) is 3.08. The summed E-state index contributed by atoms with van der Waals surface area (Å²) in [4.78, 5) is 23.0. The standard InChI is InChI=1S/C17H24O4/c1-10-5-8-15(20-13(4)18)11(2)6-7-14-12(3)17(19)21-16(14)9-10/h5-6,12,14-16H,7-9H2,1-4H3/b10-5+,11-6?/t12-,14-,15+,16-/m1/s1. The molecule has 0 N–H and O–H groups in total. The molecule has 0 aromatic heterocycles. The van der Waals surface area contributed by atoms with Crippen molar-refractivity contribution in [3.8, 4) is 0 Å². The summed E-state index contributed by atoms with van der Waals surface area (Å²) in [6.45, 7) is 7.39. The lowest BCUT2D eigenvalue weighted by molar-refractivity contribution is -0.145. The maximum absolute atomic E-state index is 11.8. The molecule has 116 valence electrons. The quantitative estimate of drug-likeness (QED) is 0.550. The molecule has 0 radical (unpaired) electrons. The second kappa shape index (κ2) is 6.46. The zero-order valence-electron chi connectivity index (χ0n) is 13.2.